The van der Waals surface area contributed by atoms with Crippen LogP contribution in [0.5, 0.6) is 0 Å². The predicted octanol–water partition coefficient (Wildman–Crippen LogP) is 2.44. The summed E-state index contributed by atoms with van der Waals surface area (Å²) in [4.78, 5) is 1.98. The molecule has 1 saturated heterocycles. The smallest absolute Gasteiger partial charge is 0.171 e. The molecule has 1 fully saturated rings. The first kappa shape index (κ1) is 16.6. The molecule has 0 aromatic heterocycles. The summed E-state index contributed by atoms with van der Waals surface area (Å²) >= 11 is 1.69. The molecule has 2 atom stereocenters. The Morgan fingerprint density at radius 1 is 1.33 bits per heavy atom. The number of aliphatic hydroxyl groups is 1. The third-order valence-electron chi connectivity index (χ3n) is 3.90. The second-order valence-electron chi connectivity index (χ2n) is 5.19. The molecule has 1 aliphatic rings. The summed E-state index contributed by atoms with van der Waals surface area (Å²) in [7, 11) is -3.09. The van der Waals surface area contributed by atoms with Gasteiger partial charge in [-0.1, -0.05) is 26.0 Å². The van der Waals surface area contributed by atoms with E-state index >= 15 is 0 Å². The van der Waals surface area contributed by atoms with E-state index in [1.807, 2.05) is 36.1 Å². The van der Waals surface area contributed by atoms with Crippen molar-refractivity contribution < 1.29 is 13.5 Å². The molecule has 118 valence electrons. The van der Waals surface area contributed by atoms with Crippen molar-refractivity contribution in [1.29, 1.82) is 0 Å². The highest BCUT2D eigenvalue weighted by Crippen LogP contribution is 2.28. The molecule has 1 heterocycles. The quantitative estimate of drug-likeness (QED) is 0.899. The summed E-state index contributed by atoms with van der Waals surface area (Å²) in [6.07, 6.45) is 0.220. The molecular weight excluding hydrogens is 306 g/mol. The summed E-state index contributed by atoms with van der Waals surface area (Å²) in [5.74, 6) is 1.73. The van der Waals surface area contributed by atoms with Crippen LogP contribution in [0.2, 0.25) is 0 Å². The van der Waals surface area contributed by atoms with Gasteiger partial charge in [0, 0.05) is 29.5 Å². The number of aliphatic hydroxyl groups excluding tert-OH is 1. The van der Waals surface area contributed by atoms with Gasteiger partial charge in [-0.15, -0.1) is 0 Å². The Labute approximate surface area is 131 Å². The van der Waals surface area contributed by atoms with Crippen LogP contribution in [0.3, 0.4) is 0 Å². The molecule has 0 aliphatic carbocycles. The van der Waals surface area contributed by atoms with Crippen LogP contribution in [-0.2, 0) is 9.84 Å². The van der Waals surface area contributed by atoms with Crippen molar-refractivity contribution in [1.82, 2.24) is 0 Å². The van der Waals surface area contributed by atoms with Crippen molar-refractivity contribution in [2.24, 2.45) is 0 Å². The minimum absolute atomic E-state index is 0.168. The van der Waals surface area contributed by atoms with Crippen LogP contribution in [0, 0.1) is 0 Å². The summed E-state index contributed by atoms with van der Waals surface area (Å²) in [5, 5.41) is 9.40. The average Bonchev–Trinajstić information content (AvgIpc) is 2.54. The molecule has 21 heavy (non-hydrogen) atoms. The van der Waals surface area contributed by atoms with Gasteiger partial charge in [-0.2, -0.15) is 11.8 Å². The number of anilines is 1. The van der Waals surface area contributed by atoms with Gasteiger partial charge in [0.1, 0.15) is 5.37 Å². The fourth-order valence-corrected chi connectivity index (χ4v) is 5.48. The third-order valence-corrected chi connectivity index (χ3v) is 7.19. The Hall–Kier alpha value is -0.720. The number of rotatable bonds is 5. The number of hydrogen-bond acceptors (Lipinski definition) is 5. The normalized spacial score (nSPS) is 21.3. The maximum atomic E-state index is 12.3. The third kappa shape index (κ3) is 3.73. The Kier molecular flexibility index (Phi) is 5.57. The lowest BCUT2D eigenvalue weighted by atomic mass is 10.1. The fourth-order valence-electron chi connectivity index (χ4n) is 2.49. The zero-order chi connectivity index (χ0) is 15.5. The topological polar surface area (TPSA) is 57.6 Å². The molecule has 0 bridgehead atoms. The van der Waals surface area contributed by atoms with Crippen molar-refractivity contribution in [2.75, 3.05) is 28.7 Å². The van der Waals surface area contributed by atoms with Gasteiger partial charge in [0.05, 0.1) is 6.10 Å². The van der Waals surface area contributed by atoms with Gasteiger partial charge in [-0.25, -0.2) is 8.42 Å². The Morgan fingerprint density at radius 3 is 2.57 bits per heavy atom. The van der Waals surface area contributed by atoms with Gasteiger partial charge in [0.2, 0.25) is 0 Å². The van der Waals surface area contributed by atoms with E-state index in [1.165, 1.54) is 0 Å². The van der Waals surface area contributed by atoms with Crippen molar-refractivity contribution in [3.63, 3.8) is 0 Å². The van der Waals surface area contributed by atoms with E-state index in [0.29, 0.717) is 12.2 Å². The number of sulfone groups is 1. The monoisotopic (exact) mass is 329 g/mol. The maximum absolute atomic E-state index is 12.3. The van der Waals surface area contributed by atoms with Crippen LogP contribution in [0.25, 0.3) is 0 Å². The fraction of sp³-hybridized carbons (Fsp3) is 0.600. The molecule has 1 aromatic rings. The van der Waals surface area contributed by atoms with Crippen molar-refractivity contribution in [2.45, 2.75) is 31.7 Å². The summed E-state index contributed by atoms with van der Waals surface area (Å²) < 4.78 is 24.5. The lowest BCUT2D eigenvalue weighted by Crippen LogP contribution is -2.48. The highest BCUT2D eigenvalue weighted by Gasteiger charge is 2.32. The van der Waals surface area contributed by atoms with Crippen LogP contribution in [0.1, 0.15) is 31.9 Å². The minimum Gasteiger partial charge on any atom is -0.388 e. The first-order chi connectivity index (χ1) is 9.99. The minimum atomic E-state index is -3.09. The number of thioether (sulfide) groups is 1. The van der Waals surface area contributed by atoms with E-state index in [2.05, 4.69) is 0 Å². The van der Waals surface area contributed by atoms with Crippen LogP contribution >= 0.6 is 11.8 Å². The molecule has 1 N–H and O–H groups in total. The van der Waals surface area contributed by atoms with E-state index in [1.54, 1.807) is 18.7 Å². The molecule has 0 amide bonds. The predicted molar refractivity (Wildman–Crippen MR) is 89.6 cm³/mol. The Balaban J connectivity index is 2.26. The first-order valence-electron chi connectivity index (χ1n) is 7.33. The highest BCUT2D eigenvalue weighted by molar-refractivity contribution is 8.01. The average molecular weight is 329 g/mol. The highest BCUT2D eigenvalue weighted by atomic mass is 32.2. The van der Waals surface area contributed by atoms with E-state index in [0.717, 1.165) is 23.5 Å². The zero-order valence-electron chi connectivity index (χ0n) is 12.5. The van der Waals surface area contributed by atoms with Crippen LogP contribution in [-0.4, -0.2) is 42.7 Å². The molecule has 0 radical (unpaired) electrons. The summed E-state index contributed by atoms with van der Waals surface area (Å²) in [6.45, 7) is 4.38. The molecule has 6 heteroatoms. The maximum Gasteiger partial charge on any atom is 0.171 e. The van der Waals surface area contributed by atoms with Crippen LogP contribution in [0.4, 0.5) is 5.69 Å². The van der Waals surface area contributed by atoms with Crippen molar-refractivity contribution in [3.8, 4) is 0 Å². The Morgan fingerprint density at radius 2 is 2.00 bits per heavy atom. The molecule has 0 saturated carbocycles. The van der Waals surface area contributed by atoms with Gasteiger partial charge >= 0.3 is 0 Å². The van der Waals surface area contributed by atoms with Gasteiger partial charge in [0.15, 0.2) is 9.84 Å². The van der Waals surface area contributed by atoms with E-state index < -0.39 is 21.3 Å². The Bertz CT molecular complexity index is 557. The van der Waals surface area contributed by atoms with Gasteiger partial charge in [-0.05, 0) is 24.1 Å². The number of hydrogen-bond donors (Lipinski definition) is 1. The van der Waals surface area contributed by atoms with Gasteiger partial charge < -0.3 is 10.0 Å². The lowest BCUT2D eigenvalue weighted by Gasteiger charge is -2.36. The standard InChI is InChI=1S/C15H23NO3S2/c1-3-14(17)12-5-7-13(8-6-12)16-9-10-20-11-15(16)21(18,19)4-2/h5-8,14-15,17H,3-4,9-11H2,1-2H3/t14-,15?/m0/s1. The van der Waals surface area contributed by atoms with Crippen molar-refractivity contribution >= 4 is 27.3 Å². The number of benzene rings is 1. The first-order valence-corrected chi connectivity index (χ1v) is 10.2. The summed E-state index contributed by atoms with van der Waals surface area (Å²) in [5.41, 5.74) is 1.80. The molecular formula is C15H23NO3S2. The zero-order valence-corrected chi connectivity index (χ0v) is 14.2. The lowest BCUT2D eigenvalue weighted by molar-refractivity contribution is 0.173. The summed E-state index contributed by atoms with van der Waals surface area (Å²) in [6, 6.07) is 7.62. The molecule has 4 nitrogen and oxygen atoms in total. The van der Waals surface area contributed by atoms with Gasteiger partial charge in [-0.3, -0.25) is 0 Å². The van der Waals surface area contributed by atoms with Crippen LogP contribution < -0.4 is 4.90 Å². The molecule has 1 aromatic carbocycles. The SMILES string of the molecule is CC[C@H](O)c1ccc(N2CCSCC2S(=O)(=O)CC)cc1. The molecule has 1 unspecified atom stereocenters. The van der Waals surface area contributed by atoms with E-state index in [4.69, 9.17) is 0 Å². The molecule has 1 aliphatic heterocycles. The molecule has 0 spiro atoms. The van der Waals surface area contributed by atoms with Crippen molar-refractivity contribution in [3.05, 3.63) is 29.8 Å². The second-order valence-corrected chi connectivity index (χ2v) is 8.79. The second kappa shape index (κ2) is 7.03. The molecule has 2 rings (SSSR count). The van der Waals surface area contributed by atoms with E-state index in [9.17, 15) is 13.5 Å². The van der Waals surface area contributed by atoms with Gasteiger partial charge in [0.25, 0.3) is 0 Å². The largest absolute Gasteiger partial charge is 0.388 e. The number of nitrogens with zero attached hydrogens (tertiary/aromatic N) is 1. The van der Waals surface area contributed by atoms with Crippen LogP contribution in [0.15, 0.2) is 24.3 Å². The van der Waals surface area contributed by atoms with E-state index in [-0.39, 0.29) is 5.75 Å².